The van der Waals surface area contributed by atoms with E-state index in [4.69, 9.17) is 16.2 Å². The molecule has 0 heterocycles. The van der Waals surface area contributed by atoms with Crippen LogP contribution in [0.2, 0.25) is 0 Å². The molecule has 19 heavy (non-hydrogen) atoms. The number of hydrogen-bond donors (Lipinski definition) is 2. The van der Waals surface area contributed by atoms with Crippen molar-refractivity contribution in [2.75, 3.05) is 5.73 Å². The number of carbonyl (C=O) groups excluding carboxylic acids is 1. The summed E-state index contributed by atoms with van der Waals surface area (Å²) in [6, 6.07) is 8.71. The molecule has 0 saturated heterocycles. The van der Waals surface area contributed by atoms with Gasteiger partial charge in [-0.25, -0.2) is 4.39 Å². The maximum absolute atomic E-state index is 13.0. The molecule has 0 aliphatic rings. The maximum Gasteiger partial charge on any atom is 0.252 e. The van der Waals surface area contributed by atoms with Crippen LogP contribution in [-0.4, -0.2) is 5.91 Å². The van der Waals surface area contributed by atoms with Crippen molar-refractivity contribution in [2.24, 2.45) is 5.73 Å². The van der Waals surface area contributed by atoms with Gasteiger partial charge in [0.1, 0.15) is 17.3 Å². The Labute approximate surface area is 109 Å². The lowest BCUT2D eigenvalue weighted by molar-refractivity contribution is 0.0998. The average Bonchev–Trinajstić information content (AvgIpc) is 2.34. The molecule has 0 atom stereocenters. The maximum atomic E-state index is 13.0. The Morgan fingerprint density at radius 3 is 2.47 bits per heavy atom. The molecule has 0 bridgehead atoms. The second-order valence-corrected chi connectivity index (χ2v) is 4.13. The lowest BCUT2D eigenvalue weighted by atomic mass is 10.1. The number of hydrogen-bond acceptors (Lipinski definition) is 3. The fourth-order valence-corrected chi connectivity index (χ4v) is 1.67. The summed E-state index contributed by atoms with van der Waals surface area (Å²) in [6.45, 7) is 1.71. The first-order chi connectivity index (χ1) is 8.97. The number of aryl methyl sites for hydroxylation is 1. The lowest BCUT2D eigenvalue weighted by Crippen LogP contribution is -2.12. The molecule has 5 heteroatoms. The Morgan fingerprint density at radius 2 is 1.84 bits per heavy atom. The van der Waals surface area contributed by atoms with Crippen LogP contribution in [0.25, 0.3) is 0 Å². The van der Waals surface area contributed by atoms with Gasteiger partial charge in [-0.15, -0.1) is 0 Å². The topological polar surface area (TPSA) is 78.3 Å². The summed E-state index contributed by atoms with van der Waals surface area (Å²) in [7, 11) is 0. The van der Waals surface area contributed by atoms with Crippen LogP contribution in [-0.2, 0) is 0 Å². The van der Waals surface area contributed by atoms with E-state index in [1.54, 1.807) is 19.1 Å². The van der Waals surface area contributed by atoms with Gasteiger partial charge in [0.25, 0.3) is 5.91 Å². The van der Waals surface area contributed by atoms with Crippen molar-refractivity contribution in [1.82, 2.24) is 0 Å². The van der Waals surface area contributed by atoms with Crippen LogP contribution in [0.5, 0.6) is 11.5 Å². The number of anilines is 1. The Hall–Kier alpha value is -2.56. The van der Waals surface area contributed by atoms with E-state index in [0.29, 0.717) is 17.0 Å². The highest BCUT2D eigenvalue weighted by molar-refractivity contribution is 5.96. The van der Waals surface area contributed by atoms with Crippen molar-refractivity contribution in [3.8, 4) is 11.5 Å². The predicted octanol–water partition coefficient (Wildman–Crippen LogP) is 2.61. The van der Waals surface area contributed by atoms with Gasteiger partial charge >= 0.3 is 0 Å². The molecule has 0 saturated carbocycles. The molecule has 0 aliphatic heterocycles. The van der Waals surface area contributed by atoms with E-state index in [1.807, 2.05) is 0 Å². The normalized spacial score (nSPS) is 10.2. The fraction of sp³-hybridized carbons (Fsp3) is 0.0714. The summed E-state index contributed by atoms with van der Waals surface area (Å²) in [5.41, 5.74) is 12.1. The molecule has 0 unspecified atom stereocenters. The van der Waals surface area contributed by atoms with Crippen LogP contribution < -0.4 is 16.2 Å². The molecule has 4 N–H and O–H groups in total. The van der Waals surface area contributed by atoms with Crippen molar-refractivity contribution < 1.29 is 13.9 Å². The second-order valence-electron chi connectivity index (χ2n) is 4.13. The summed E-state index contributed by atoms with van der Waals surface area (Å²) < 4.78 is 18.6. The molecule has 2 aromatic rings. The van der Waals surface area contributed by atoms with Crippen molar-refractivity contribution >= 4 is 11.6 Å². The van der Waals surface area contributed by atoms with Gasteiger partial charge in [0.15, 0.2) is 0 Å². The van der Waals surface area contributed by atoms with E-state index in [1.165, 1.54) is 24.3 Å². The van der Waals surface area contributed by atoms with E-state index >= 15 is 0 Å². The minimum absolute atomic E-state index is 0.184. The Bertz CT molecular complexity index is 641. The molecule has 0 radical (unpaired) electrons. The summed E-state index contributed by atoms with van der Waals surface area (Å²) in [6.07, 6.45) is 0. The number of nitrogens with two attached hydrogens (primary N) is 2. The van der Waals surface area contributed by atoms with Crippen molar-refractivity contribution in [1.29, 1.82) is 0 Å². The molecule has 98 valence electrons. The van der Waals surface area contributed by atoms with Gasteiger partial charge in [-0.05, 0) is 48.9 Å². The second kappa shape index (κ2) is 4.97. The van der Waals surface area contributed by atoms with Crippen LogP contribution in [0.4, 0.5) is 10.1 Å². The predicted molar refractivity (Wildman–Crippen MR) is 70.6 cm³/mol. The van der Waals surface area contributed by atoms with E-state index in [2.05, 4.69) is 0 Å². The highest BCUT2D eigenvalue weighted by atomic mass is 19.1. The van der Waals surface area contributed by atoms with Crippen LogP contribution >= 0.6 is 0 Å². The Balaban J connectivity index is 2.40. The van der Waals surface area contributed by atoms with Gasteiger partial charge < -0.3 is 16.2 Å². The third kappa shape index (κ3) is 2.82. The van der Waals surface area contributed by atoms with E-state index in [9.17, 15) is 9.18 Å². The van der Waals surface area contributed by atoms with Crippen LogP contribution in [0.3, 0.4) is 0 Å². The number of primary amides is 1. The first kappa shape index (κ1) is 12.9. The summed E-state index contributed by atoms with van der Waals surface area (Å²) >= 11 is 0. The molecular weight excluding hydrogens is 247 g/mol. The molecule has 0 fully saturated rings. The van der Waals surface area contributed by atoms with Gasteiger partial charge in [-0.2, -0.15) is 0 Å². The van der Waals surface area contributed by atoms with Crippen LogP contribution in [0.1, 0.15) is 15.9 Å². The average molecular weight is 260 g/mol. The number of carbonyl (C=O) groups is 1. The summed E-state index contributed by atoms with van der Waals surface area (Å²) in [5.74, 6) is -0.246. The summed E-state index contributed by atoms with van der Waals surface area (Å²) in [5, 5.41) is 0. The Kier molecular flexibility index (Phi) is 3.37. The zero-order valence-electron chi connectivity index (χ0n) is 10.3. The molecular formula is C14H13FN2O2. The number of amides is 1. The van der Waals surface area contributed by atoms with Gasteiger partial charge in [-0.3, -0.25) is 4.79 Å². The lowest BCUT2D eigenvalue weighted by Gasteiger charge is -2.11. The standard InChI is InChI=1S/C14H13FN2O2/c1-8-6-9(15)2-4-12(8)19-13-5-3-10(16)7-11(13)14(17)18/h2-7H,16H2,1H3,(H2,17,18). The van der Waals surface area contributed by atoms with Gasteiger partial charge in [-0.1, -0.05) is 0 Å². The molecule has 0 spiro atoms. The van der Waals surface area contributed by atoms with E-state index in [0.717, 1.165) is 0 Å². The fourth-order valence-electron chi connectivity index (χ4n) is 1.67. The molecule has 2 rings (SSSR count). The van der Waals surface area contributed by atoms with Gasteiger partial charge in [0.05, 0.1) is 5.56 Å². The van der Waals surface area contributed by atoms with Gasteiger partial charge in [0.2, 0.25) is 0 Å². The number of halogens is 1. The van der Waals surface area contributed by atoms with Crippen LogP contribution in [0.15, 0.2) is 36.4 Å². The molecule has 0 aliphatic carbocycles. The smallest absolute Gasteiger partial charge is 0.252 e. The monoisotopic (exact) mass is 260 g/mol. The molecule has 0 aromatic heterocycles. The Morgan fingerprint density at radius 1 is 1.16 bits per heavy atom. The van der Waals surface area contributed by atoms with E-state index < -0.39 is 5.91 Å². The minimum atomic E-state index is -0.637. The highest BCUT2D eigenvalue weighted by Gasteiger charge is 2.12. The zero-order valence-corrected chi connectivity index (χ0v) is 10.3. The number of benzene rings is 2. The van der Waals surface area contributed by atoms with Gasteiger partial charge in [0, 0.05) is 5.69 Å². The number of nitrogen functional groups attached to an aromatic ring is 1. The van der Waals surface area contributed by atoms with Crippen molar-refractivity contribution in [3.63, 3.8) is 0 Å². The molecule has 4 nitrogen and oxygen atoms in total. The number of ether oxygens (including phenoxy) is 1. The first-order valence-electron chi connectivity index (χ1n) is 5.60. The first-order valence-corrected chi connectivity index (χ1v) is 5.60. The largest absolute Gasteiger partial charge is 0.456 e. The summed E-state index contributed by atoms with van der Waals surface area (Å²) in [4.78, 5) is 11.3. The number of rotatable bonds is 3. The quantitative estimate of drug-likeness (QED) is 0.832. The van der Waals surface area contributed by atoms with Crippen LogP contribution in [0, 0.1) is 12.7 Å². The molecule has 2 aromatic carbocycles. The zero-order chi connectivity index (χ0) is 14.0. The highest BCUT2D eigenvalue weighted by Crippen LogP contribution is 2.29. The van der Waals surface area contributed by atoms with Crippen molar-refractivity contribution in [2.45, 2.75) is 6.92 Å². The van der Waals surface area contributed by atoms with E-state index in [-0.39, 0.29) is 17.1 Å². The third-order valence-electron chi connectivity index (χ3n) is 2.63. The van der Waals surface area contributed by atoms with Crippen molar-refractivity contribution in [3.05, 3.63) is 53.3 Å². The third-order valence-corrected chi connectivity index (χ3v) is 2.63. The SMILES string of the molecule is Cc1cc(F)ccc1Oc1ccc(N)cc1C(N)=O. The molecule has 1 amide bonds. The minimum Gasteiger partial charge on any atom is -0.456 e.